The minimum absolute atomic E-state index is 0.0222. The highest BCUT2D eigenvalue weighted by Crippen LogP contribution is 2.20. The molecule has 0 saturated heterocycles. The lowest BCUT2D eigenvalue weighted by atomic mass is 10.1. The Labute approximate surface area is 138 Å². The molecular weight excluding hydrogens is 292 g/mol. The fraction of sp³-hybridized carbons (Fsp3) is 0.412. The molecule has 2 N–H and O–H groups in total. The Hall–Kier alpha value is -2.50. The fourth-order valence-corrected chi connectivity index (χ4v) is 1.81. The minimum atomic E-state index is -0.0222. The molecule has 6 heteroatoms. The summed E-state index contributed by atoms with van der Waals surface area (Å²) in [6.07, 6.45) is 1.73. The number of hydrogen-bond donors (Lipinski definition) is 2. The van der Waals surface area contributed by atoms with E-state index in [4.69, 9.17) is 4.74 Å². The molecule has 0 radical (unpaired) electrons. The first-order valence-corrected chi connectivity index (χ1v) is 7.44. The molecule has 1 rings (SSSR count). The zero-order valence-corrected chi connectivity index (χ0v) is 14.3. The van der Waals surface area contributed by atoms with Crippen molar-refractivity contribution in [2.75, 3.05) is 34.3 Å². The van der Waals surface area contributed by atoms with E-state index in [2.05, 4.69) is 22.2 Å². The van der Waals surface area contributed by atoms with Gasteiger partial charge in [-0.05, 0) is 18.6 Å². The van der Waals surface area contributed by atoms with Crippen molar-refractivity contribution in [3.63, 3.8) is 0 Å². The molecule has 0 unspecified atom stereocenters. The van der Waals surface area contributed by atoms with Gasteiger partial charge in [0.2, 0.25) is 5.91 Å². The van der Waals surface area contributed by atoms with E-state index in [9.17, 15) is 4.79 Å². The number of carbonyl (C=O) groups is 1. The highest BCUT2D eigenvalue weighted by molar-refractivity contribution is 5.86. The zero-order chi connectivity index (χ0) is 17.2. The number of ether oxygens (including phenoxy) is 1. The van der Waals surface area contributed by atoms with Crippen molar-refractivity contribution in [2.24, 2.45) is 4.99 Å². The number of aryl methyl sites for hydroxylation is 1. The van der Waals surface area contributed by atoms with Crippen molar-refractivity contribution in [3.8, 4) is 5.75 Å². The Morgan fingerprint density at radius 2 is 2.13 bits per heavy atom. The summed E-state index contributed by atoms with van der Waals surface area (Å²) in [6.45, 7) is 6.88. The number of amides is 1. The molecular formula is C17H26N4O2. The van der Waals surface area contributed by atoms with Gasteiger partial charge >= 0.3 is 0 Å². The van der Waals surface area contributed by atoms with E-state index in [1.807, 2.05) is 25.1 Å². The molecule has 23 heavy (non-hydrogen) atoms. The van der Waals surface area contributed by atoms with E-state index in [1.165, 1.54) is 4.90 Å². The fourth-order valence-electron chi connectivity index (χ4n) is 1.81. The van der Waals surface area contributed by atoms with E-state index in [1.54, 1.807) is 27.3 Å². The smallest absolute Gasteiger partial charge is 0.241 e. The summed E-state index contributed by atoms with van der Waals surface area (Å²) in [7, 11) is 5.08. The molecule has 1 aromatic rings. The summed E-state index contributed by atoms with van der Waals surface area (Å²) in [6, 6.07) is 5.99. The second kappa shape index (κ2) is 9.50. The largest absolute Gasteiger partial charge is 0.496 e. The van der Waals surface area contributed by atoms with Crippen molar-refractivity contribution >= 4 is 11.9 Å². The van der Waals surface area contributed by atoms with E-state index >= 15 is 0 Å². The average molecular weight is 318 g/mol. The molecule has 0 atom stereocenters. The Morgan fingerprint density at radius 3 is 2.74 bits per heavy atom. The maximum atomic E-state index is 11.7. The van der Waals surface area contributed by atoms with Gasteiger partial charge in [0.25, 0.3) is 0 Å². The van der Waals surface area contributed by atoms with Gasteiger partial charge in [0, 0.05) is 26.2 Å². The van der Waals surface area contributed by atoms with Crippen molar-refractivity contribution in [1.29, 1.82) is 0 Å². The molecule has 1 aromatic carbocycles. The third kappa shape index (κ3) is 6.42. The van der Waals surface area contributed by atoms with E-state index < -0.39 is 0 Å². The van der Waals surface area contributed by atoms with Gasteiger partial charge in [-0.25, -0.2) is 4.99 Å². The van der Waals surface area contributed by atoms with Gasteiger partial charge in [-0.1, -0.05) is 18.2 Å². The number of guanidine groups is 1. The third-order valence-corrected chi connectivity index (χ3v) is 3.17. The van der Waals surface area contributed by atoms with E-state index in [-0.39, 0.29) is 12.5 Å². The predicted molar refractivity (Wildman–Crippen MR) is 93.8 cm³/mol. The summed E-state index contributed by atoms with van der Waals surface area (Å²) in [5.74, 6) is 1.34. The second-order valence-corrected chi connectivity index (χ2v) is 5.29. The summed E-state index contributed by atoms with van der Waals surface area (Å²) in [5.41, 5.74) is 2.12. The van der Waals surface area contributed by atoms with Crippen LogP contribution in [0.5, 0.6) is 5.75 Å². The van der Waals surface area contributed by atoms with Crippen molar-refractivity contribution < 1.29 is 9.53 Å². The van der Waals surface area contributed by atoms with Crippen LogP contribution in [-0.4, -0.2) is 51.1 Å². The normalized spacial score (nSPS) is 10.9. The first-order chi connectivity index (χ1) is 11.0. The number of benzene rings is 1. The van der Waals surface area contributed by atoms with Crippen LogP contribution < -0.4 is 15.4 Å². The number of methoxy groups -OCH3 is 1. The van der Waals surface area contributed by atoms with Gasteiger partial charge in [-0.3, -0.25) is 4.79 Å². The number of nitrogens with one attached hydrogen (secondary N) is 2. The topological polar surface area (TPSA) is 66.0 Å². The van der Waals surface area contributed by atoms with E-state index in [0.717, 1.165) is 16.9 Å². The Morgan fingerprint density at radius 1 is 1.39 bits per heavy atom. The van der Waals surface area contributed by atoms with Gasteiger partial charge in [0.15, 0.2) is 5.96 Å². The van der Waals surface area contributed by atoms with Crippen molar-refractivity contribution in [3.05, 3.63) is 42.0 Å². The minimum Gasteiger partial charge on any atom is -0.496 e. The number of carbonyl (C=O) groups excluding carboxylic acids is 1. The molecule has 0 fully saturated rings. The quantitative estimate of drug-likeness (QED) is 0.452. The van der Waals surface area contributed by atoms with Crippen LogP contribution >= 0.6 is 0 Å². The van der Waals surface area contributed by atoms with Crippen molar-refractivity contribution in [2.45, 2.75) is 13.5 Å². The number of aliphatic imine (C=N–C) groups is 1. The number of likely N-dealkylation sites (N-methyl/N-ethyl adjacent to an activating group) is 1. The lowest BCUT2D eigenvalue weighted by Crippen LogP contribution is -2.43. The highest BCUT2D eigenvalue weighted by atomic mass is 16.5. The van der Waals surface area contributed by atoms with Crippen LogP contribution in [0.1, 0.15) is 11.1 Å². The van der Waals surface area contributed by atoms with Crippen LogP contribution in [0.3, 0.4) is 0 Å². The molecule has 6 nitrogen and oxygen atoms in total. The lowest BCUT2D eigenvalue weighted by molar-refractivity contribution is -0.127. The zero-order valence-electron chi connectivity index (χ0n) is 14.3. The lowest BCUT2D eigenvalue weighted by Gasteiger charge is -2.14. The van der Waals surface area contributed by atoms with Crippen LogP contribution in [0.15, 0.2) is 35.8 Å². The van der Waals surface area contributed by atoms with Crippen LogP contribution in [0.25, 0.3) is 0 Å². The van der Waals surface area contributed by atoms with Gasteiger partial charge in [0.1, 0.15) is 5.75 Å². The molecule has 0 aromatic heterocycles. The molecule has 0 aliphatic rings. The van der Waals surface area contributed by atoms with E-state index in [0.29, 0.717) is 19.0 Å². The van der Waals surface area contributed by atoms with Gasteiger partial charge in [-0.15, -0.1) is 6.58 Å². The maximum absolute atomic E-state index is 11.7. The second-order valence-electron chi connectivity index (χ2n) is 5.29. The van der Waals surface area contributed by atoms with Gasteiger partial charge < -0.3 is 20.3 Å². The number of nitrogens with zero attached hydrogens (tertiary/aromatic N) is 2. The molecule has 0 bridgehead atoms. The maximum Gasteiger partial charge on any atom is 0.241 e. The van der Waals surface area contributed by atoms with Crippen LogP contribution in [0, 0.1) is 6.92 Å². The number of rotatable bonds is 7. The molecule has 0 aliphatic heterocycles. The Kier molecular flexibility index (Phi) is 7.66. The summed E-state index contributed by atoms with van der Waals surface area (Å²) >= 11 is 0. The molecule has 0 aliphatic carbocycles. The Bertz CT molecular complexity index is 568. The molecule has 1 amide bonds. The summed E-state index contributed by atoms with van der Waals surface area (Å²) < 4.78 is 5.38. The highest BCUT2D eigenvalue weighted by Gasteiger charge is 2.07. The molecule has 0 saturated carbocycles. The summed E-state index contributed by atoms with van der Waals surface area (Å²) in [5, 5.41) is 6.11. The molecule has 126 valence electrons. The average Bonchev–Trinajstić information content (AvgIpc) is 2.54. The monoisotopic (exact) mass is 318 g/mol. The van der Waals surface area contributed by atoms with Gasteiger partial charge in [0.05, 0.1) is 20.2 Å². The van der Waals surface area contributed by atoms with Crippen LogP contribution in [0.2, 0.25) is 0 Å². The third-order valence-electron chi connectivity index (χ3n) is 3.17. The SMILES string of the molecule is C=CCNC(=NCc1ccc(C)cc1OC)NCC(=O)N(C)C. The predicted octanol–water partition coefficient (Wildman–Crippen LogP) is 1.31. The Balaban J connectivity index is 2.79. The molecule has 0 heterocycles. The first-order valence-electron chi connectivity index (χ1n) is 7.44. The van der Waals surface area contributed by atoms with Crippen LogP contribution in [-0.2, 0) is 11.3 Å². The van der Waals surface area contributed by atoms with Gasteiger partial charge in [-0.2, -0.15) is 0 Å². The standard InChI is InChI=1S/C17H26N4O2/c1-6-9-18-17(20-12-16(22)21(3)4)19-11-14-8-7-13(2)10-15(14)23-5/h6-8,10H,1,9,11-12H2,2-5H3,(H2,18,19,20). The first kappa shape index (κ1) is 18.5. The molecule has 0 spiro atoms. The number of hydrogen-bond acceptors (Lipinski definition) is 3. The summed E-state index contributed by atoms with van der Waals surface area (Å²) in [4.78, 5) is 17.7. The van der Waals surface area contributed by atoms with Crippen LogP contribution in [0.4, 0.5) is 0 Å². The van der Waals surface area contributed by atoms with Crippen molar-refractivity contribution in [1.82, 2.24) is 15.5 Å².